The molecule has 2 N–H and O–H groups in total. The fourth-order valence-corrected chi connectivity index (χ4v) is 6.98. The summed E-state index contributed by atoms with van der Waals surface area (Å²) in [4.78, 5) is 20.6. The van der Waals surface area contributed by atoms with Gasteiger partial charge in [0.1, 0.15) is 5.75 Å². The van der Waals surface area contributed by atoms with Gasteiger partial charge in [0.15, 0.2) is 0 Å². The maximum Gasteiger partial charge on any atom is 0.391 e. The first kappa shape index (κ1) is 33.3. The summed E-state index contributed by atoms with van der Waals surface area (Å²) in [7, 11) is -2.64. The molecule has 0 fully saturated rings. The molecule has 0 spiro atoms. The quantitative estimate of drug-likeness (QED) is 0.304. The predicted molar refractivity (Wildman–Crippen MR) is 178 cm³/mol. The molecule has 0 atom stereocenters. The molecule has 0 amide bonds. The third-order valence-electron chi connectivity index (χ3n) is 8.02. The highest BCUT2D eigenvalue weighted by molar-refractivity contribution is 7.39. The Morgan fingerprint density at radius 2 is 0.927 bits per heavy atom. The van der Waals surface area contributed by atoms with Crippen LogP contribution < -0.4 is 4.52 Å². The van der Waals surface area contributed by atoms with Gasteiger partial charge in [-0.2, -0.15) is 0 Å². The molecule has 4 heteroatoms. The van der Waals surface area contributed by atoms with Crippen LogP contribution in [0.1, 0.15) is 122 Å². The molecule has 3 aromatic carbocycles. The van der Waals surface area contributed by atoms with Gasteiger partial charge < -0.3 is 14.3 Å². The molecule has 0 aliphatic rings. The fraction of sp³-hybridized carbons (Fsp3) is 0.514. The molecule has 41 heavy (non-hydrogen) atoms. The van der Waals surface area contributed by atoms with Crippen molar-refractivity contribution in [3.05, 3.63) is 75.3 Å². The number of benzene rings is 3. The zero-order chi connectivity index (χ0) is 31.5. The third-order valence-corrected chi connectivity index (χ3v) is 8.37. The summed E-state index contributed by atoms with van der Waals surface area (Å²) in [5.41, 5.74) is 12.2. The number of rotatable bonds is 4. The van der Waals surface area contributed by atoms with E-state index in [0.29, 0.717) is 5.75 Å². The second-order valence-electron chi connectivity index (χ2n) is 15.9. The highest BCUT2D eigenvalue weighted by atomic mass is 31.2. The monoisotopic (exact) mass is 576 g/mol. The summed E-state index contributed by atoms with van der Waals surface area (Å²) in [6.45, 7) is 33.3. The summed E-state index contributed by atoms with van der Waals surface area (Å²) >= 11 is 0. The van der Waals surface area contributed by atoms with Crippen molar-refractivity contribution in [3.63, 3.8) is 0 Å². The Balaban J connectivity index is 2.61. The second kappa shape index (κ2) is 11.1. The van der Waals surface area contributed by atoms with Gasteiger partial charge in [0.05, 0.1) is 0 Å². The molecule has 0 saturated heterocycles. The number of hydrogen-bond acceptors (Lipinski definition) is 3. The van der Waals surface area contributed by atoms with Gasteiger partial charge >= 0.3 is 8.60 Å². The molecule has 3 rings (SSSR count). The Kier molecular flexibility index (Phi) is 9.05. The van der Waals surface area contributed by atoms with Gasteiger partial charge in [-0.05, 0) is 92.5 Å². The second-order valence-corrected chi connectivity index (χ2v) is 16.5. The third kappa shape index (κ3) is 6.90. The van der Waals surface area contributed by atoms with Crippen LogP contribution in [0.3, 0.4) is 0 Å². The lowest BCUT2D eigenvalue weighted by molar-refractivity contribution is 0.370. The molecule has 3 aromatic rings. The zero-order valence-electron chi connectivity index (χ0n) is 28.2. The standard InChI is InChI=1S/C37H53O3P/c1-22-20-25(16-18-27(22)34(4,5)6)29-24(3)31(36(10,11)12)30(32(37(13,14)15)33(29)40-41(38)39)26-17-19-28(23(2)21-26)35(7,8)9/h16-21,38-39H,1-15H3. The van der Waals surface area contributed by atoms with Crippen LogP contribution in [0.4, 0.5) is 0 Å². The van der Waals surface area contributed by atoms with E-state index in [0.717, 1.165) is 33.4 Å². The van der Waals surface area contributed by atoms with Crippen molar-refractivity contribution in [1.29, 1.82) is 0 Å². The molecule has 3 nitrogen and oxygen atoms in total. The minimum Gasteiger partial charge on any atom is -0.426 e. The minimum absolute atomic E-state index is 0.0234. The van der Waals surface area contributed by atoms with Crippen LogP contribution in [0.2, 0.25) is 0 Å². The summed E-state index contributed by atoms with van der Waals surface area (Å²) in [5.74, 6) is 0.564. The Hall–Kier alpha value is -2.19. The summed E-state index contributed by atoms with van der Waals surface area (Å²) in [6.07, 6.45) is 0. The lowest BCUT2D eigenvalue weighted by atomic mass is 9.69. The minimum atomic E-state index is -2.64. The average Bonchev–Trinajstić information content (AvgIpc) is 2.74. The predicted octanol–water partition coefficient (Wildman–Crippen LogP) is 10.7. The highest BCUT2D eigenvalue weighted by Gasteiger charge is 2.36. The molecule has 0 aliphatic heterocycles. The fourth-order valence-electron chi connectivity index (χ4n) is 6.63. The van der Waals surface area contributed by atoms with Gasteiger partial charge in [-0.25, -0.2) is 0 Å². The van der Waals surface area contributed by atoms with Crippen LogP contribution in [0.25, 0.3) is 22.3 Å². The van der Waals surface area contributed by atoms with Gasteiger partial charge in [0.25, 0.3) is 0 Å². The van der Waals surface area contributed by atoms with Crippen molar-refractivity contribution < 1.29 is 14.3 Å². The van der Waals surface area contributed by atoms with Crippen molar-refractivity contribution in [2.45, 2.75) is 126 Å². The largest absolute Gasteiger partial charge is 0.426 e. The van der Waals surface area contributed by atoms with Crippen molar-refractivity contribution in [1.82, 2.24) is 0 Å². The van der Waals surface area contributed by atoms with Gasteiger partial charge in [-0.15, -0.1) is 0 Å². The molecular weight excluding hydrogens is 523 g/mol. The summed E-state index contributed by atoms with van der Waals surface area (Å²) < 4.78 is 6.09. The van der Waals surface area contributed by atoms with Gasteiger partial charge in [0, 0.05) is 11.1 Å². The smallest absolute Gasteiger partial charge is 0.391 e. The molecule has 0 heterocycles. The van der Waals surface area contributed by atoms with Crippen LogP contribution in [-0.2, 0) is 21.7 Å². The van der Waals surface area contributed by atoms with E-state index < -0.39 is 8.60 Å². The van der Waals surface area contributed by atoms with E-state index in [2.05, 4.69) is 140 Å². The normalized spacial score (nSPS) is 13.2. The molecule has 0 radical (unpaired) electrons. The summed E-state index contributed by atoms with van der Waals surface area (Å²) in [6, 6.07) is 13.4. The molecule has 0 aromatic heterocycles. The van der Waals surface area contributed by atoms with E-state index in [1.54, 1.807) is 0 Å². The van der Waals surface area contributed by atoms with Crippen LogP contribution in [0.15, 0.2) is 36.4 Å². The Labute approximate surface area is 251 Å². The Bertz CT molecular complexity index is 1440. The SMILES string of the molecule is Cc1cc(-c2c(C)c(C(C)(C)C)c(-c3ccc(C(C)(C)C)c(C)c3)c(C(C)(C)C)c2OP(O)O)ccc1C(C)(C)C. The number of aryl methyl sites for hydroxylation is 2. The molecule has 0 saturated carbocycles. The highest BCUT2D eigenvalue weighted by Crippen LogP contribution is 2.54. The van der Waals surface area contributed by atoms with Crippen LogP contribution in [-0.4, -0.2) is 9.79 Å². The zero-order valence-corrected chi connectivity index (χ0v) is 29.1. The molecule has 0 aliphatic carbocycles. The van der Waals surface area contributed by atoms with Crippen LogP contribution in [0.5, 0.6) is 5.75 Å². The molecule has 0 bridgehead atoms. The van der Waals surface area contributed by atoms with Gasteiger partial charge in [-0.1, -0.05) is 119 Å². The maximum absolute atomic E-state index is 10.3. The van der Waals surface area contributed by atoms with Crippen molar-refractivity contribution in [3.8, 4) is 28.0 Å². The van der Waals surface area contributed by atoms with Crippen molar-refractivity contribution >= 4 is 8.60 Å². The lowest BCUT2D eigenvalue weighted by Crippen LogP contribution is -2.23. The first-order chi connectivity index (χ1) is 18.5. The molecule has 224 valence electrons. The molecular formula is C37H53O3P. The topological polar surface area (TPSA) is 49.7 Å². The Morgan fingerprint density at radius 1 is 0.537 bits per heavy atom. The Morgan fingerprint density at radius 3 is 1.24 bits per heavy atom. The maximum atomic E-state index is 10.3. The number of hydrogen-bond donors (Lipinski definition) is 2. The average molecular weight is 577 g/mol. The van der Waals surface area contributed by atoms with E-state index in [9.17, 15) is 9.79 Å². The van der Waals surface area contributed by atoms with E-state index >= 15 is 0 Å². The van der Waals surface area contributed by atoms with E-state index in [1.165, 1.54) is 27.8 Å². The molecule has 0 unspecified atom stereocenters. The van der Waals surface area contributed by atoms with Crippen molar-refractivity contribution in [2.75, 3.05) is 0 Å². The first-order valence-electron chi connectivity index (χ1n) is 14.8. The lowest BCUT2D eigenvalue weighted by Gasteiger charge is -2.36. The van der Waals surface area contributed by atoms with E-state index in [1.807, 2.05) is 0 Å². The first-order valence-corrected chi connectivity index (χ1v) is 15.9. The van der Waals surface area contributed by atoms with Crippen LogP contribution >= 0.6 is 8.60 Å². The van der Waals surface area contributed by atoms with Crippen LogP contribution in [0, 0.1) is 20.8 Å². The van der Waals surface area contributed by atoms with Gasteiger partial charge in [0.2, 0.25) is 0 Å². The van der Waals surface area contributed by atoms with Crippen molar-refractivity contribution in [2.24, 2.45) is 0 Å². The van der Waals surface area contributed by atoms with E-state index in [-0.39, 0.29) is 21.7 Å². The van der Waals surface area contributed by atoms with E-state index in [4.69, 9.17) is 4.52 Å². The summed E-state index contributed by atoms with van der Waals surface area (Å²) in [5, 5.41) is 0. The van der Waals surface area contributed by atoms with Gasteiger partial charge in [-0.3, -0.25) is 0 Å².